The Balaban J connectivity index is 1.68. The van der Waals surface area contributed by atoms with Gasteiger partial charge in [0, 0.05) is 12.6 Å². The topological polar surface area (TPSA) is 40.5 Å². The van der Waals surface area contributed by atoms with Crippen LogP contribution in [0.3, 0.4) is 0 Å². The van der Waals surface area contributed by atoms with Crippen molar-refractivity contribution in [1.82, 2.24) is 4.90 Å². The lowest BCUT2D eigenvalue weighted by Gasteiger charge is -2.38. The molecule has 1 N–H and O–H groups in total. The van der Waals surface area contributed by atoms with Crippen LogP contribution in [-0.2, 0) is 4.79 Å². The molecule has 0 spiro atoms. The van der Waals surface area contributed by atoms with Gasteiger partial charge in [0.25, 0.3) is 0 Å². The van der Waals surface area contributed by atoms with Gasteiger partial charge in [0.15, 0.2) is 0 Å². The predicted octanol–water partition coefficient (Wildman–Crippen LogP) is 3.78. The van der Waals surface area contributed by atoms with Crippen LogP contribution < -0.4 is 0 Å². The summed E-state index contributed by atoms with van der Waals surface area (Å²) in [6.45, 7) is 5.68. The fourth-order valence-corrected chi connectivity index (χ4v) is 5.48. The molecule has 2 saturated carbocycles. The number of nitrogens with zero attached hydrogens (tertiary/aromatic N) is 1. The van der Waals surface area contributed by atoms with E-state index in [1.807, 2.05) is 0 Å². The van der Waals surface area contributed by atoms with Gasteiger partial charge in [-0.3, -0.25) is 9.69 Å². The van der Waals surface area contributed by atoms with Gasteiger partial charge < -0.3 is 5.11 Å². The highest BCUT2D eigenvalue weighted by Crippen LogP contribution is 2.45. The van der Waals surface area contributed by atoms with Gasteiger partial charge in [0.2, 0.25) is 0 Å². The van der Waals surface area contributed by atoms with Crippen molar-refractivity contribution in [3.63, 3.8) is 0 Å². The molecular weight excluding hydrogens is 262 g/mol. The van der Waals surface area contributed by atoms with E-state index in [2.05, 4.69) is 18.7 Å². The SMILES string of the molecule is CC(C)CC1CCCC(N2CC3CCCC3C2C(=O)O)C1. The van der Waals surface area contributed by atoms with E-state index in [0.29, 0.717) is 17.9 Å². The summed E-state index contributed by atoms with van der Waals surface area (Å²) in [6.07, 6.45) is 10.1. The van der Waals surface area contributed by atoms with Crippen molar-refractivity contribution in [2.24, 2.45) is 23.7 Å². The molecule has 1 aliphatic heterocycles. The van der Waals surface area contributed by atoms with Gasteiger partial charge in [-0.25, -0.2) is 0 Å². The summed E-state index contributed by atoms with van der Waals surface area (Å²) in [4.78, 5) is 14.2. The smallest absolute Gasteiger partial charge is 0.321 e. The number of rotatable bonds is 4. The highest BCUT2D eigenvalue weighted by atomic mass is 16.4. The minimum Gasteiger partial charge on any atom is -0.480 e. The fraction of sp³-hybridized carbons (Fsp3) is 0.944. The summed E-state index contributed by atoms with van der Waals surface area (Å²) in [5, 5.41) is 9.73. The lowest BCUT2D eigenvalue weighted by molar-refractivity contribution is -0.144. The maximum Gasteiger partial charge on any atom is 0.321 e. The van der Waals surface area contributed by atoms with Gasteiger partial charge in [0.1, 0.15) is 6.04 Å². The first kappa shape index (κ1) is 15.3. The van der Waals surface area contributed by atoms with E-state index in [0.717, 1.165) is 24.8 Å². The number of carbonyl (C=O) groups is 1. The standard InChI is InChI=1S/C18H31NO2/c1-12(2)9-13-5-3-7-15(10-13)19-11-14-6-4-8-16(14)17(19)18(20)21/h12-17H,3-11H2,1-2H3,(H,20,21). The Labute approximate surface area is 129 Å². The number of fused-ring (bicyclic) bond motifs is 1. The second kappa shape index (κ2) is 6.28. The van der Waals surface area contributed by atoms with E-state index >= 15 is 0 Å². The number of aliphatic carboxylic acids is 1. The first-order valence-corrected chi connectivity index (χ1v) is 9.04. The van der Waals surface area contributed by atoms with Crippen LogP contribution in [-0.4, -0.2) is 34.6 Å². The zero-order valence-corrected chi connectivity index (χ0v) is 13.6. The maximum absolute atomic E-state index is 11.8. The molecule has 0 aromatic heterocycles. The molecule has 0 radical (unpaired) electrons. The van der Waals surface area contributed by atoms with Crippen molar-refractivity contribution < 1.29 is 9.90 Å². The molecule has 120 valence electrons. The number of carboxylic acids is 1. The third-order valence-electron chi connectivity index (χ3n) is 6.21. The normalized spacial score (nSPS) is 40.6. The van der Waals surface area contributed by atoms with Gasteiger partial charge in [-0.1, -0.05) is 33.1 Å². The molecule has 5 unspecified atom stereocenters. The molecule has 21 heavy (non-hydrogen) atoms. The lowest BCUT2D eigenvalue weighted by Crippen LogP contribution is -2.47. The van der Waals surface area contributed by atoms with Crippen LogP contribution in [0.2, 0.25) is 0 Å². The van der Waals surface area contributed by atoms with Crippen molar-refractivity contribution in [3.05, 3.63) is 0 Å². The lowest BCUT2D eigenvalue weighted by atomic mass is 9.80. The zero-order valence-electron chi connectivity index (χ0n) is 13.6. The second-order valence-electron chi connectivity index (χ2n) is 8.15. The van der Waals surface area contributed by atoms with Gasteiger partial charge in [0.05, 0.1) is 0 Å². The van der Waals surface area contributed by atoms with E-state index in [9.17, 15) is 9.90 Å². The number of likely N-dealkylation sites (tertiary alicyclic amines) is 1. The van der Waals surface area contributed by atoms with Crippen LogP contribution >= 0.6 is 0 Å². The Morgan fingerprint density at radius 3 is 2.67 bits per heavy atom. The van der Waals surface area contributed by atoms with Crippen LogP contribution in [0.15, 0.2) is 0 Å². The molecule has 1 saturated heterocycles. The van der Waals surface area contributed by atoms with Crippen LogP contribution in [0.5, 0.6) is 0 Å². The summed E-state index contributed by atoms with van der Waals surface area (Å²) in [6, 6.07) is 0.356. The molecule has 0 amide bonds. The number of carboxylic acid groups (broad SMARTS) is 1. The van der Waals surface area contributed by atoms with Crippen molar-refractivity contribution in [2.45, 2.75) is 77.3 Å². The average Bonchev–Trinajstić information content (AvgIpc) is 2.97. The molecule has 2 aliphatic carbocycles. The summed E-state index contributed by atoms with van der Waals surface area (Å²) in [5.41, 5.74) is 0. The molecule has 3 aliphatic rings. The van der Waals surface area contributed by atoms with Crippen LogP contribution in [0, 0.1) is 23.7 Å². The van der Waals surface area contributed by atoms with Gasteiger partial charge in [-0.05, 0) is 55.8 Å². The molecule has 3 nitrogen and oxygen atoms in total. The second-order valence-corrected chi connectivity index (χ2v) is 8.15. The molecule has 0 aromatic carbocycles. The Hall–Kier alpha value is -0.570. The zero-order chi connectivity index (χ0) is 15.0. The Kier molecular flexibility index (Phi) is 4.58. The van der Waals surface area contributed by atoms with E-state index in [-0.39, 0.29) is 6.04 Å². The summed E-state index contributed by atoms with van der Waals surface area (Å²) in [5.74, 6) is 2.13. The quantitative estimate of drug-likeness (QED) is 0.857. The molecule has 3 fully saturated rings. The van der Waals surface area contributed by atoms with E-state index < -0.39 is 5.97 Å². The fourth-order valence-electron chi connectivity index (χ4n) is 5.48. The van der Waals surface area contributed by atoms with Crippen LogP contribution in [0.25, 0.3) is 0 Å². The first-order chi connectivity index (χ1) is 10.1. The molecule has 3 rings (SSSR count). The van der Waals surface area contributed by atoms with E-state index in [4.69, 9.17) is 0 Å². The van der Waals surface area contributed by atoms with Crippen molar-refractivity contribution in [1.29, 1.82) is 0 Å². The molecular formula is C18H31NO2. The third-order valence-corrected chi connectivity index (χ3v) is 6.21. The number of hydrogen-bond acceptors (Lipinski definition) is 2. The minimum atomic E-state index is -0.560. The molecule has 1 heterocycles. The van der Waals surface area contributed by atoms with Crippen molar-refractivity contribution >= 4 is 5.97 Å². The minimum absolute atomic E-state index is 0.180. The third kappa shape index (κ3) is 3.13. The number of hydrogen-bond donors (Lipinski definition) is 1. The predicted molar refractivity (Wildman–Crippen MR) is 84.2 cm³/mol. The Bertz CT molecular complexity index is 381. The largest absolute Gasteiger partial charge is 0.480 e. The average molecular weight is 293 g/mol. The summed E-state index contributed by atoms with van der Waals surface area (Å²) in [7, 11) is 0. The van der Waals surface area contributed by atoms with Crippen molar-refractivity contribution in [2.75, 3.05) is 6.54 Å². The molecule has 0 bridgehead atoms. The van der Waals surface area contributed by atoms with Crippen molar-refractivity contribution in [3.8, 4) is 0 Å². The van der Waals surface area contributed by atoms with Gasteiger partial charge in [-0.2, -0.15) is 0 Å². The molecule has 0 aromatic rings. The maximum atomic E-state index is 11.8. The Morgan fingerprint density at radius 2 is 1.95 bits per heavy atom. The van der Waals surface area contributed by atoms with Crippen LogP contribution in [0.4, 0.5) is 0 Å². The highest BCUT2D eigenvalue weighted by Gasteiger charge is 2.50. The summed E-state index contributed by atoms with van der Waals surface area (Å²) >= 11 is 0. The molecule has 3 heteroatoms. The van der Waals surface area contributed by atoms with Crippen LogP contribution in [0.1, 0.15) is 65.2 Å². The summed E-state index contributed by atoms with van der Waals surface area (Å²) < 4.78 is 0. The van der Waals surface area contributed by atoms with E-state index in [1.54, 1.807) is 0 Å². The van der Waals surface area contributed by atoms with Gasteiger partial charge in [-0.15, -0.1) is 0 Å². The highest BCUT2D eigenvalue weighted by molar-refractivity contribution is 5.74. The van der Waals surface area contributed by atoms with E-state index in [1.165, 1.54) is 44.9 Å². The first-order valence-electron chi connectivity index (χ1n) is 9.04. The molecule has 5 atom stereocenters. The monoisotopic (exact) mass is 293 g/mol. The van der Waals surface area contributed by atoms with Gasteiger partial charge >= 0.3 is 5.97 Å². The Morgan fingerprint density at radius 1 is 1.19 bits per heavy atom.